The summed E-state index contributed by atoms with van der Waals surface area (Å²) in [5.74, 6) is -1.79. The van der Waals surface area contributed by atoms with Gasteiger partial charge in [-0.25, -0.2) is 18.3 Å². The van der Waals surface area contributed by atoms with Gasteiger partial charge in [0.2, 0.25) is 0 Å². The second-order valence-electron chi connectivity index (χ2n) is 6.99. The summed E-state index contributed by atoms with van der Waals surface area (Å²) in [5.41, 5.74) is -0.182. The van der Waals surface area contributed by atoms with Crippen molar-refractivity contribution in [3.8, 4) is 16.9 Å². The van der Waals surface area contributed by atoms with Gasteiger partial charge in [-0.1, -0.05) is 30.3 Å². The van der Waals surface area contributed by atoms with E-state index < -0.39 is 33.5 Å². The number of aromatic nitrogens is 2. The molecule has 9 nitrogen and oxygen atoms in total. The summed E-state index contributed by atoms with van der Waals surface area (Å²) in [6.07, 6.45) is -1.18. The summed E-state index contributed by atoms with van der Waals surface area (Å²) < 4.78 is 61.1. The molecule has 12 heteroatoms. The van der Waals surface area contributed by atoms with E-state index in [4.69, 9.17) is 0 Å². The first-order chi connectivity index (χ1) is 16.2. The molecule has 0 radical (unpaired) electrons. The van der Waals surface area contributed by atoms with Crippen LogP contribution in [0, 0.1) is 11.6 Å². The van der Waals surface area contributed by atoms with Crippen LogP contribution in [0.15, 0.2) is 71.5 Å². The molecule has 1 aromatic heterocycles. The second kappa shape index (κ2) is 8.90. The molecule has 2 N–H and O–H groups in total. The number of rotatable bonds is 5. The summed E-state index contributed by atoms with van der Waals surface area (Å²) in [6, 6.07) is 15.2. The number of benzene rings is 3. The predicted molar refractivity (Wildman–Crippen MR) is 121 cm³/mol. The average molecular weight is 486 g/mol. The van der Waals surface area contributed by atoms with E-state index in [0.29, 0.717) is 17.0 Å². The molecule has 34 heavy (non-hydrogen) atoms. The van der Waals surface area contributed by atoms with Gasteiger partial charge in [0.25, 0.3) is 5.56 Å². The van der Waals surface area contributed by atoms with Gasteiger partial charge in [-0.3, -0.25) is 9.52 Å². The lowest BCUT2D eigenvalue weighted by Gasteiger charge is -2.13. The van der Waals surface area contributed by atoms with E-state index >= 15 is 0 Å². The van der Waals surface area contributed by atoms with E-state index in [-0.39, 0.29) is 22.5 Å². The smallest absolute Gasteiger partial charge is 0.422 e. The van der Waals surface area contributed by atoms with Gasteiger partial charge < -0.3 is 4.74 Å². The molecule has 4 aromatic rings. The molecule has 4 rings (SSSR count). The maximum absolute atomic E-state index is 14.5. The van der Waals surface area contributed by atoms with Crippen LogP contribution >= 0.6 is 0 Å². The van der Waals surface area contributed by atoms with Gasteiger partial charge in [-0.05, 0) is 30.3 Å². The number of methoxy groups -OCH3 is 1. The Morgan fingerprint density at radius 2 is 1.74 bits per heavy atom. The van der Waals surface area contributed by atoms with Crippen molar-refractivity contribution >= 4 is 32.8 Å². The highest BCUT2D eigenvalue weighted by Gasteiger charge is 2.18. The zero-order valence-electron chi connectivity index (χ0n) is 17.5. The van der Waals surface area contributed by atoms with Crippen LogP contribution in [-0.2, 0) is 14.9 Å². The maximum Gasteiger partial charge on any atom is 0.422 e. The summed E-state index contributed by atoms with van der Waals surface area (Å²) >= 11 is 0. The number of hydrogen-bond donors (Lipinski definition) is 2. The van der Waals surface area contributed by atoms with E-state index in [9.17, 15) is 26.8 Å². The van der Waals surface area contributed by atoms with Crippen molar-refractivity contribution in [1.29, 1.82) is 0 Å². The fourth-order valence-corrected chi connectivity index (χ4v) is 4.07. The van der Waals surface area contributed by atoms with Crippen molar-refractivity contribution in [3.63, 3.8) is 0 Å². The van der Waals surface area contributed by atoms with Crippen molar-refractivity contribution in [2.24, 2.45) is 0 Å². The Morgan fingerprint density at radius 1 is 1.00 bits per heavy atom. The molecule has 1 heterocycles. The Hall–Kier alpha value is -4.32. The number of carbonyl (C=O) groups excluding carboxylic acids is 1. The van der Waals surface area contributed by atoms with Crippen molar-refractivity contribution in [2.45, 2.75) is 0 Å². The highest BCUT2D eigenvalue weighted by atomic mass is 32.2. The SMILES string of the molecule is COC(=O)NS(=O)(=O)Nc1cccc(-c2nn(-c3ccc(F)cc3F)c(=O)c3ccccc23)c1. The molecule has 0 aliphatic rings. The van der Waals surface area contributed by atoms with Crippen molar-refractivity contribution in [1.82, 2.24) is 14.5 Å². The van der Waals surface area contributed by atoms with E-state index in [1.165, 1.54) is 24.3 Å². The number of halogens is 2. The van der Waals surface area contributed by atoms with Crippen molar-refractivity contribution in [3.05, 3.63) is 88.7 Å². The number of nitrogens with one attached hydrogen (secondary N) is 2. The lowest BCUT2D eigenvalue weighted by Crippen LogP contribution is -2.35. The molecule has 1 amide bonds. The van der Waals surface area contributed by atoms with Crippen LogP contribution < -0.4 is 15.0 Å². The van der Waals surface area contributed by atoms with E-state index in [2.05, 4.69) is 14.6 Å². The molecule has 0 saturated heterocycles. The van der Waals surface area contributed by atoms with Gasteiger partial charge in [-0.2, -0.15) is 18.2 Å². The molecule has 174 valence electrons. The van der Waals surface area contributed by atoms with E-state index in [1.807, 2.05) is 0 Å². The Morgan fingerprint density at radius 3 is 2.44 bits per heavy atom. The normalized spacial score (nSPS) is 11.3. The first-order valence-electron chi connectivity index (χ1n) is 9.65. The summed E-state index contributed by atoms with van der Waals surface area (Å²) in [4.78, 5) is 24.3. The number of fused-ring (bicyclic) bond motifs is 1. The molecule has 0 bridgehead atoms. The topological polar surface area (TPSA) is 119 Å². The molecule has 0 saturated carbocycles. The fourth-order valence-electron chi connectivity index (χ4n) is 3.28. The minimum Gasteiger partial charge on any atom is -0.452 e. The van der Waals surface area contributed by atoms with Crippen LogP contribution in [-0.4, -0.2) is 31.4 Å². The zero-order valence-corrected chi connectivity index (χ0v) is 18.3. The van der Waals surface area contributed by atoms with Gasteiger partial charge in [0.05, 0.1) is 23.9 Å². The monoisotopic (exact) mass is 486 g/mol. The molecule has 0 aliphatic heterocycles. The second-order valence-corrected chi connectivity index (χ2v) is 8.40. The van der Waals surface area contributed by atoms with Crippen LogP contribution in [0.4, 0.5) is 19.3 Å². The third-order valence-corrected chi connectivity index (χ3v) is 5.67. The first kappa shape index (κ1) is 22.9. The number of anilines is 1. The minimum absolute atomic E-state index is 0.0745. The number of ether oxygens (including phenoxy) is 1. The van der Waals surface area contributed by atoms with Crippen molar-refractivity contribution < 1.29 is 26.7 Å². The number of carbonyl (C=O) groups is 1. The summed E-state index contributed by atoms with van der Waals surface area (Å²) in [6.45, 7) is 0. The van der Waals surface area contributed by atoms with Gasteiger partial charge in [0.15, 0.2) is 5.82 Å². The predicted octanol–water partition coefficient (Wildman–Crippen LogP) is 3.34. The number of hydrogen-bond acceptors (Lipinski definition) is 6. The summed E-state index contributed by atoms with van der Waals surface area (Å²) in [7, 11) is -3.28. The first-order valence-corrected chi connectivity index (χ1v) is 11.1. The third kappa shape index (κ3) is 4.57. The Kier molecular flexibility index (Phi) is 5.99. The largest absolute Gasteiger partial charge is 0.452 e. The Balaban J connectivity index is 1.87. The van der Waals surface area contributed by atoms with Gasteiger partial charge >= 0.3 is 16.3 Å². The van der Waals surface area contributed by atoms with E-state index in [0.717, 1.165) is 23.9 Å². The number of nitrogens with zero attached hydrogens (tertiary/aromatic N) is 2. The number of amides is 1. The molecule has 0 atom stereocenters. The zero-order chi connectivity index (χ0) is 24.5. The molecule has 3 aromatic carbocycles. The quantitative estimate of drug-likeness (QED) is 0.447. The van der Waals surface area contributed by atoms with Crippen LogP contribution in [0.2, 0.25) is 0 Å². The standard InChI is InChI=1S/C22H16F2N4O5S/c1-33-22(30)27-34(31,32)26-15-6-4-5-13(11-15)20-16-7-2-3-8-17(16)21(29)28(25-20)19-10-9-14(23)12-18(19)24/h2-12,26H,1H3,(H,27,30). The van der Waals surface area contributed by atoms with Gasteiger partial charge in [0.1, 0.15) is 11.5 Å². The molecule has 0 unspecified atom stereocenters. The van der Waals surface area contributed by atoms with Crippen LogP contribution in [0.5, 0.6) is 0 Å². The van der Waals surface area contributed by atoms with Crippen LogP contribution in [0.3, 0.4) is 0 Å². The van der Waals surface area contributed by atoms with E-state index in [1.54, 1.807) is 29.0 Å². The lowest BCUT2D eigenvalue weighted by atomic mass is 10.0. The van der Waals surface area contributed by atoms with Crippen LogP contribution in [0.1, 0.15) is 0 Å². The Labute approximate surface area is 191 Å². The highest BCUT2D eigenvalue weighted by molar-refractivity contribution is 7.91. The van der Waals surface area contributed by atoms with Gasteiger partial charge in [0, 0.05) is 17.0 Å². The lowest BCUT2D eigenvalue weighted by molar-refractivity contribution is 0.177. The Bertz CT molecular complexity index is 1590. The molecular formula is C22H16F2N4O5S. The van der Waals surface area contributed by atoms with Gasteiger partial charge in [-0.15, -0.1) is 0 Å². The van der Waals surface area contributed by atoms with Crippen LogP contribution in [0.25, 0.3) is 27.7 Å². The minimum atomic E-state index is -4.29. The molecule has 0 spiro atoms. The summed E-state index contributed by atoms with van der Waals surface area (Å²) in [5, 5.41) is 4.95. The molecular weight excluding hydrogens is 470 g/mol. The maximum atomic E-state index is 14.5. The third-order valence-electron chi connectivity index (χ3n) is 4.73. The molecule has 0 aliphatic carbocycles. The fraction of sp³-hybridized carbons (Fsp3) is 0.0455. The average Bonchev–Trinajstić information content (AvgIpc) is 2.79. The highest BCUT2D eigenvalue weighted by Crippen LogP contribution is 2.28. The van der Waals surface area contributed by atoms with Crippen molar-refractivity contribution in [2.75, 3.05) is 11.8 Å². The molecule has 0 fully saturated rings.